The first-order chi connectivity index (χ1) is 14.9. The molecule has 2 aromatic heterocycles. The predicted octanol–water partition coefficient (Wildman–Crippen LogP) is 4.11. The maximum atomic E-state index is 12.8. The van der Waals surface area contributed by atoms with Gasteiger partial charge in [-0.1, -0.05) is 0 Å². The molecular formula is C21H23F3N4O3S. The first kappa shape index (κ1) is 22.7. The second-order valence-corrected chi connectivity index (χ2v) is 9.31. The van der Waals surface area contributed by atoms with Crippen molar-refractivity contribution in [1.29, 1.82) is 0 Å². The lowest BCUT2D eigenvalue weighted by molar-refractivity contribution is -0.137. The Morgan fingerprint density at radius 3 is 2.69 bits per heavy atom. The molecule has 2 N–H and O–H groups in total. The van der Waals surface area contributed by atoms with Crippen molar-refractivity contribution in [2.45, 2.75) is 38.5 Å². The molecule has 1 unspecified atom stereocenters. The van der Waals surface area contributed by atoms with Gasteiger partial charge >= 0.3 is 6.18 Å². The first-order valence-electron chi connectivity index (χ1n) is 10.1. The summed E-state index contributed by atoms with van der Waals surface area (Å²) in [5.74, 6) is 0.452. The molecule has 0 bridgehead atoms. The van der Waals surface area contributed by atoms with E-state index in [-0.39, 0.29) is 11.4 Å². The summed E-state index contributed by atoms with van der Waals surface area (Å²) in [6.07, 6.45) is -2.91. The van der Waals surface area contributed by atoms with E-state index in [2.05, 4.69) is 10.3 Å². The highest BCUT2D eigenvalue weighted by Crippen LogP contribution is 2.34. The third kappa shape index (κ3) is 4.50. The molecule has 0 spiro atoms. The van der Waals surface area contributed by atoms with Crippen LogP contribution in [0.1, 0.15) is 47.2 Å². The van der Waals surface area contributed by atoms with Crippen LogP contribution in [0.4, 0.5) is 18.9 Å². The third-order valence-electron chi connectivity index (χ3n) is 5.49. The topological polar surface area (TPSA) is 89.3 Å². The van der Waals surface area contributed by atoms with Gasteiger partial charge in [-0.2, -0.15) is 13.2 Å². The Balaban J connectivity index is 1.69. The monoisotopic (exact) mass is 468 g/mol. The van der Waals surface area contributed by atoms with Crippen LogP contribution in [0.25, 0.3) is 11.0 Å². The van der Waals surface area contributed by atoms with Gasteiger partial charge in [0, 0.05) is 43.3 Å². The molecule has 32 heavy (non-hydrogen) atoms. The normalized spacial score (nSPS) is 17.3. The molecule has 11 heteroatoms. The molecule has 1 amide bonds. The number of nitrogens with one attached hydrogen (secondary N) is 1. The van der Waals surface area contributed by atoms with E-state index < -0.39 is 22.7 Å². The van der Waals surface area contributed by atoms with Gasteiger partial charge in [0.15, 0.2) is 5.01 Å². The summed E-state index contributed by atoms with van der Waals surface area (Å²) < 4.78 is 45.9. The van der Waals surface area contributed by atoms with Gasteiger partial charge in [-0.15, -0.1) is 11.3 Å². The number of halogens is 3. The van der Waals surface area contributed by atoms with Crippen molar-refractivity contribution >= 4 is 34.0 Å². The molecule has 1 saturated heterocycles. The van der Waals surface area contributed by atoms with Crippen LogP contribution >= 0.6 is 11.3 Å². The van der Waals surface area contributed by atoms with Crippen molar-refractivity contribution in [3.63, 3.8) is 0 Å². The molecule has 1 aliphatic rings. The summed E-state index contributed by atoms with van der Waals surface area (Å²) in [7, 11) is 1.87. The number of carbonyl (C=O) groups is 1. The van der Waals surface area contributed by atoms with Gasteiger partial charge in [0.25, 0.3) is 5.91 Å². The van der Waals surface area contributed by atoms with E-state index in [0.717, 1.165) is 36.2 Å². The number of thiazole rings is 1. The van der Waals surface area contributed by atoms with E-state index in [1.54, 1.807) is 26.0 Å². The lowest BCUT2D eigenvalue weighted by Crippen LogP contribution is -2.21. The third-order valence-corrected chi connectivity index (χ3v) is 6.38. The highest BCUT2D eigenvalue weighted by atomic mass is 32.1. The fourth-order valence-electron chi connectivity index (χ4n) is 3.78. The van der Waals surface area contributed by atoms with Crippen LogP contribution in [-0.2, 0) is 30.0 Å². The Morgan fingerprint density at radius 2 is 2.09 bits per heavy atom. The smallest absolute Gasteiger partial charge is 0.386 e. The molecular weight excluding hydrogens is 445 g/mol. The molecule has 7 nitrogen and oxygen atoms in total. The average Bonchev–Trinajstić information content (AvgIpc) is 3.42. The number of carbonyl (C=O) groups excluding carboxylic acids is 1. The highest BCUT2D eigenvalue weighted by molar-refractivity contribution is 7.10. The standard InChI is InChI=1S/C21H23F3N4O3S/c1-20(2,30)12-7-14-16(28(3)17(25-14)6-11-4-5-31-9-11)8-13(12)26-18(29)15-10-32-19(27-15)21(22,23)24/h7-8,10-11,30H,4-6,9H2,1-3H3,(H,26,29). The molecule has 0 saturated carbocycles. The second kappa shape index (κ2) is 8.13. The quantitative estimate of drug-likeness (QED) is 0.588. The predicted molar refractivity (Wildman–Crippen MR) is 114 cm³/mol. The number of alkyl halides is 3. The van der Waals surface area contributed by atoms with E-state index in [1.165, 1.54) is 0 Å². The number of rotatable bonds is 5. The minimum Gasteiger partial charge on any atom is -0.386 e. The van der Waals surface area contributed by atoms with E-state index >= 15 is 0 Å². The van der Waals surface area contributed by atoms with Crippen LogP contribution in [0.3, 0.4) is 0 Å². The van der Waals surface area contributed by atoms with Crippen molar-refractivity contribution in [1.82, 2.24) is 14.5 Å². The largest absolute Gasteiger partial charge is 0.443 e. The van der Waals surface area contributed by atoms with Gasteiger partial charge in [0.2, 0.25) is 0 Å². The number of hydrogen-bond acceptors (Lipinski definition) is 6. The van der Waals surface area contributed by atoms with Crippen molar-refractivity contribution < 1.29 is 27.8 Å². The van der Waals surface area contributed by atoms with Crippen LogP contribution < -0.4 is 5.32 Å². The number of aryl methyl sites for hydroxylation is 1. The summed E-state index contributed by atoms with van der Waals surface area (Å²) >= 11 is 0.358. The number of anilines is 1. The zero-order valence-electron chi connectivity index (χ0n) is 17.8. The van der Waals surface area contributed by atoms with E-state index in [4.69, 9.17) is 9.72 Å². The number of hydrogen-bond donors (Lipinski definition) is 2. The molecule has 1 fully saturated rings. The number of imidazole rings is 1. The summed E-state index contributed by atoms with van der Waals surface area (Å²) in [6, 6.07) is 3.38. The Bertz CT molecular complexity index is 1160. The summed E-state index contributed by atoms with van der Waals surface area (Å²) in [4.78, 5) is 20.7. The fraction of sp³-hybridized carbons (Fsp3) is 0.476. The van der Waals surface area contributed by atoms with Gasteiger partial charge in [-0.3, -0.25) is 4.79 Å². The maximum absolute atomic E-state index is 12.8. The Kier molecular flexibility index (Phi) is 5.76. The lowest BCUT2D eigenvalue weighted by atomic mass is 9.95. The van der Waals surface area contributed by atoms with Gasteiger partial charge < -0.3 is 19.7 Å². The Labute approximate surface area is 186 Å². The van der Waals surface area contributed by atoms with Gasteiger partial charge in [-0.25, -0.2) is 9.97 Å². The average molecular weight is 469 g/mol. The Morgan fingerprint density at radius 1 is 1.34 bits per heavy atom. The van der Waals surface area contributed by atoms with Gasteiger partial charge in [0.1, 0.15) is 11.5 Å². The number of aliphatic hydroxyl groups is 1. The fourth-order valence-corrected chi connectivity index (χ4v) is 4.45. The first-order valence-corrected chi connectivity index (χ1v) is 11.0. The van der Waals surface area contributed by atoms with Crippen molar-refractivity contribution in [3.05, 3.63) is 39.6 Å². The summed E-state index contributed by atoms with van der Waals surface area (Å²) in [6.45, 7) is 4.55. The van der Waals surface area contributed by atoms with Crippen LogP contribution in [0.5, 0.6) is 0 Å². The zero-order chi connectivity index (χ0) is 23.3. The van der Waals surface area contributed by atoms with Crippen LogP contribution in [0.15, 0.2) is 17.5 Å². The van der Waals surface area contributed by atoms with Crippen molar-refractivity contribution in [2.24, 2.45) is 13.0 Å². The molecule has 1 aliphatic heterocycles. The highest BCUT2D eigenvalue weighted by Gasteiger charge is 2.35. The lowest BCUT2D eigenvalue weighted by Gasteiger charge is -2.22. The zero-order valence-corrected chi connectivity index (χ0v) is 18.6. The van der Waals surface area contributed by atoms with E-state index in [1.807, 2.05) is 11.6 Å². The van der Waals surface area contributed by atoms with E-state index in [0.29, 0.717) is 34.9 Å². The molecule has 3 heterocycles. The molecule has 4 rings (SSSR count). The second-order valence-electron chi connectivity index (χ2n) is 8.46. The van der Waals surface area contributed by atoms with Crippen LogP contribution in [0.2, 0.25) is 0 Å². The number of aromatic nitrogens is 3. The SMILES string of the molecule is Cn1c(CC2CCOC2)nc2cc(C(C)(C)O)c(NC(=O)c3csc(C(F)(F)F)n3)cc21. The van der Waals surface area contributed by atoms with Crippen LogP contribution in [-0.4, -0.2) is 38.8 Å². The number of nitrogens with zero attached hydrogens (tertiary/aromatic N) is 3. The van der Waals surface area contributed by atoms with E-state index in [9.17, 15) is 23.1 Å². The Hall–Kier alpha value is -2.50. The van der Waals surface area contributed by atoms with Crippen molar-refractivity contribution in [3.8, 4) is 0 Å². The maximum Gasteiger partial charge on any atom is 0.443 e. The van der Waals surface area contributed by atoms with Gasteiger partial charge in [-0.05, 0) is 38.3 Å². The molecule has 3 aromatic rings. The number of benzene rings is 1. The number of amides is 1. The summed E-state index contributed by atoms with van der Waals surface area (Å²) in [5.41, 5.74) is 0.415. The molecule has 172 valence electrons. The van der Waals surface area contributed by atoms with Gasteiger partial charge in [0.05, 0.1) is 16.6 Å². The summed E-state index contributed by atoms with van der Waals surface area (Å²) in [5, 5.41) is 13.3. The minimum absolute atomic E-state index is 0.287. The molecule has 1 atom stereocenters. The minimum atomic E-state index is -4.62. The molecule has 1 aromatic carbocycles. The number of ether oxygens (including phenoxy) is 1. The van der Waals surface area contributed by atoms with Crippen LogP contribution in [0, 0.1) is 5.92 Å². The number of fused-ring (bicyclic) bond motifs is 1. The van der Waals surface area contributed by atoms with Crippen molar-refractivity contribution in [2.75, 3.05) is 18.5 Å². The molecule has 0 aliphatic carbocycles. The molecule has 0 radical (unpaired) electrons.